The maximum atomic E-state index is 13.1. The maximum absolute atomic E-state index is 13.1. The predicted octanol–water partition coefficient (Wildman–Crippen LogP) is 4.83. The molecule has 1 spiro atoms. The zero-order valence-electron chi connectivity index (χ0n) is 15.2. The monoisotopic (exact) mass is 395 g/mol. The molecule has 1 amide bonds. The van der Waals surface area contributed by atoms with Gasteiger partial charge in [0.1, 0.15) is 5.82 Å². The highest BCUT2D eigenvalue weighted by atomic mass is 35.5. The molecule has 4 nitrogen and oxygen atoms in total. The van der Waals surface area contributed by atoms with Crippen LogP contribution in [0.1, 0.15) is 28.9 Å². The fourth-order valence-corrected chi connectivity index (χ4v) is 4.53. The van der Waals surface area contributed by atoms with Crippen molar-refractivity contribution in [3.8, 4) is 5.69 Å². The van der Waals surface area contributed by atoms with Gasteiger partial charge in [-0.05, 0) is 67.4 Å². The Balaban J connectivity index is 1.41. The van der Waals surface area contributed by atoms with Crippen molar-refractivity contribution in [3.05, 3.63) is 82.9 Å². The van der Waals surface area contributed by atoms with Crippen LogP contribution in [0.5, 0.6) is 0 Å². The minimum absolute atomic E-state index is 0.0479. The molecule has 0 atom stereocenters. The molecule has 3 aromatic rings. The lowest BCUT2D eigenvalue weighted by molar-refractivity contribution is 0.0676. The number of carbonyl (C=O) groups is 1. The van der Waals surface area contributed by atoms with Gasteiger partial charge in [0.2, 0.25) is 0 Å². The van der Waals surface area contributed by atoms with E-state index in [1.54, 1.807) is 12.1 Å². The Morgan fingerprint density at radius 3 is 2.57 bits per heavy atom. The Kier molecular flexibility index (Phi) is 3.95. The predicted molar refractivity (Wildman–Crippen MR) is 108 cm³/mol. The van der Waals surface area contributed by atoms with E-state index < -0.39 is 0 Å². The Hall–Kier alpha value is -2.79. The second kappa shape index (κ2) is 6.38. The third kappa shape index (κ3) is 2.69. The summed E-state index contributed by atoms with van der Waals surface area (Å²) in [5, 5.41) is 4.43. The molecular formula is C22H19ClFN3O. The van der Waals surface area contributed by atoms with E-state index in [2.05, 4.69) is 22.1 Å². The molecule has 0 radical (unpaired) electrons. The molecule has 2 aliphatic heterocycles. The first-order valence-electron chi connectivity index (χ1n) is 9.37. The molecule has 1 fully saturated rings. The third-order valence-electron chi connectivity index (χ3n) is 5.83. The third-order valence-corrected chi connectivity index (χ3v) is 6.06. The van der Waals surface area contributed by atoms with Crippen molar-refractivity contribution in [1.29, 1.82) is 0 Å². The molecule has 2 aliphatic rings. The number of nitrogens with one attached hydrogen (secondary N) is 1. The van der Waals surface area contributed by atoms with Gasteiger partial charge in [0.25, 0.3) is 5.91 Å². The highest BCUT2D eigenvalue weighted by Gasteiger charge is 2.42. The topological polar surface area (TPSA) is 37.3 Å². The van der Waals surface area contributed by atoms with E-state index in [9.17, 15) is 9.18 Å². The molecular weight excluding hydrogens is 377 g/mol. The SMILES string of the molecule is O=C(c1ccc(F)cc1)N1CCC2(CC1)Nc1ccc(Cl)cc1-n1cccc12. The van der Waals surface area contributed by atoms with E-state index >= 15 is 0 Å². The van der Waals surface area contributed by atoms with E-state index in [1.807, 2.05) is 29.2 Å². The molecule has 28 heavy (non-hydrogen) atoms. The minimum atomic E-state index is -0.333. The average molecular weight is 396 g/mol. The summed E-state index contributed by atoms with van der Waals surface area (Å²) in [7, 11) is 0. The van der Waals surface area contributed by atoms with Crippen LogP contribution in [0.3, 0.4) is 0 Å². The summed E-state index contributed by atoms with van der Waals surface area (Å²) in [5.74, 6) is -0.381. The summed E-state index contributed by atoms with van der Waals surface area (Å²) >= 11 is 6.20. The number of nitrogens with zero attached hydrogens (tertiary/aromatic N) is 2. The molecule has 3 heterocycles. The lowest BCUT2D eigenvalue weighted by atomic mass is 9.82. The number of rotatable bonds is 1. The molecule has 1 N–H and O–H groups in total. The van der Waals surface area contributed by atoms with Crippen LogP contribution in [0.4, 0.5) is 10.1 Å². The quantitative estimate of drug-likeness (QED) is 0.641. The van der Waals surface area contributed by atoms with Gasteiger partial charge in [-0.15, -0.1) is 0 Å². The maximum Gasteiger partial charge on any atom is 0.253 e. The van der Waals surface area contributed by atoms with Gasteiger partial charge in [0.15, 0.2) is 0 Å². The van der Waals surface area contributed by atoms with Crippen LogP contribution < -0.4 is 5.32 Å². The fraction of sp³-hybridized carbons (Fsp3) is 0.227. The van der Waals surface area contributed by atoms with Gasteiger partial charge in [-0.25, -0.2) is 4.39 Å². The minimum Gasteiger partial charge on any atom is -0.372 e. The molecule has 0 bridgehead atoms. The zero-order chi connectivity index (χ0) is 19.3. The first kappa shape index (κ1) is 17.3. The average Bonchev–Trinajstić information content (AvgIpc) is 3.21. The highest BCUT2D eigenvalue weighted by Crippen LogP contribution is 2.44. The summed E-state index contributed by atoms with van der Waals surface area (Å²) < 4.78 is 15.3. The molecule has 6 heteroatoms. The number of hydrogen-bond acceptors (Lipinski definition) is 2. The van der Waals surface area contributed by atoms with Gasteiger partial charge in [-0.1, -0.05) is 11.6 Å². The molecule has 0 unspecified atom stereocenters. The molecule has 142 valence electrons. The van der Waals surface area contributed by atoms with E-state index in [0.29, 0.717) is 23.7 Å². The first-order valence-corrected chi connectivity index (χ1v) is 9.74. The Morgan fingerprint density at radius 2 is 1.82 bits per heavy atom. The van der Waals surface area contributed by atoms with Crippen LogP contribution in [0, 0.1) is 5.82 Å². The Bertz CT molecular complexity index is 1050. The van der Waals surface area contributed by atoms with E-state index in [-0.39, 0.29) is 17.3 Å². The highest BCUT2D eigenvalue weighted by molar-refractivity contribution is 6.30. The second-order valence-corrected chi connectivity index (χ2v) is 7.87. The van der Waals surface area contributed by atoms with E-state index in [4.69, 9.17) is 11.6 Å². The van der Waals surface area contributed by atoms with Gasteiger partial charge >= 0.3 is 0 Å². The van der Waals surface area contributed by atoms with Crippen molar-refractivity contribution < 1.29 is 9.18 Å². The summed E-state index contributed by atoms with van der Waals surface area (Å²) in [6.07, 6.45) is 3.65. The standard InChI is InChI=1S/C22H19ClFN3O/c23-16-5-8-18-19(14-16)27-11-1-2-20(27)22(25-18)9-12-26(13-10-22)21(28)15-3-6-17(24)7-4-15/h1-8,11,14,25H,9-10,12-13H2. The lowest BCUT2D eigenvalue weighted by Gasteiger charge is -2.46. The Morgan fingerprint density at radius 1 is 1.07 bits per heavy atom. The summed E-state index contributed by atoms with van der Waals surface area (Å²) in [6, 6.07) is 15.8. The smallest absolute Gasteiger partial charge is 0.253 e. The number of benzene rings is 2. The van der Waals surface area contributed by atoms with E-state index in [0.717, 1.165) is 24.2 Å². The number of carbonyl (C=O) groups excluding carboxylic acids is 1. The summed E-state index contributed by atoms with van der Waals surface area (Å²) in [4.78, 5) is 14.6. The number of piperidine rings is 1. The number of hydrogen-bond donors (Lipinski definition) is 1. The number of aromatic nitrogens is 1. The van der Waals surface area contributed by atoms with Crippen LogP contribution in [-0.2, 0) is 5.54 Å². The number of anilines is 1. The van der Waals surface area contributed by atoms with Crippen molar-refractivity contribution >= 4 is 23.2 Å². The van der Waals surface area contributed by atoms with Gasteiger partial charge < -0.3 is 14.8 Å². The van der Waals surface area contributed by atoms with Crippen LogP contribution >= 0.6 is 11.6 Å². The van der Waals surface area contributed by atoms with Gasteiger partial charge in [0.05, 0.1) is 16.9 Å². The van der Waals surface area contributed by atoms with Crippen molar-refractivity contribution in [2.75, 3.05) is 18.4 Å². The van der Waals surface area contributed by atoms with Crippen LogP contribution in [-0.4, -0.2) is 28.5 Å². The normalized spacial score (nSPS) is 17.0. The number of likely N-dealkylation sites (tertiary alicyclic amines) is 1. The van der Waals surface area contributed by atoms with E-state index in [1.165, 1.54) is 17.8 Å². The molecule has 2 aromatic carbocycles. The largest absolute Gasteiger partial charge is 0.372 e. The number of halogens is 2. The summed E-state index contributed by atoms with van der Waals surface area (Å²) in [6.45, 7) is 1.27. The second-order valence-electron chi connectivity index (χ2n) is 7.43. The van der Waals surface area contributed by atoms with Crippen LogP contribution in [0.2, 0.25) is 5.02 Å². The molecule has 5 rings (SSSR count). The molecule has 0 saturated carbocycles. The van der Waals surface area contributed by atoms with Gasteiger partial charge in [-0.2, -0.15) is 0 Å². The van der Waals surface area contributed by atoms with Crippen molar-refractivity contribution in [1.82, 2.24) is 9.47 Å². The lowest BCUT2D eigenvalue weighted by Crippen LogP contribution is -2.51. The summed E-state index contributed by atoms with van der Waals surface area (Å²) in [5.41, 5.74) is 3.59. The molecule has 0 aliphatic carbocycles. The van der Waals surface area contributed by atoms with Crippen molar-refractivity contribution in [2.45, 2.75) is 18.4 Å². The van der Waals surface area contributed by atoms with Gasteiger partial charge in [0, 0.05) is 35.6 Å². The van der Waals surface area contributed by atoms with Gasteiger partial charge in [-0.3, -0.25) is 4.79 Å². The van der Waals surface area contributed by atoms with Crippen molar-refractivity contribution in [2.24, 2.45) is 0 Å². The number of amides is 1. The number of fused-ring (bicyclic) bond motifs is 4. The van der Waals surface area contributed by atoms with Crippen molar-refractivity contribution in [3.63, 3.8) is 0 Å². The fourth-order valence-electron chi connectivity index (χ4n) is 4.36. The molecule has 1 aromatic heterocycles. The Labute approximate surface area is 167 Å². The van der Waals surface area contributed by atoms with Crippen LogP contribution in [0.15, 0.2) is 60.8 Å². The molecule has 1 saturated heterocycles. The first-order chi connectivity index (χ1) is 13.6. The zero-order valence-corrected chi connectivity index (χ0v) is 15.9. The van der Waals surface area contributed by atoms with Crippen LogP contribution in [0.25, 0.3) is 5.69 Å².